The zero-order chi connectivity index (χ0) is 17.4. The van der Waals surface area contributed by atoms with E-state index in [4.69, 9.17) is 0 Å². The molecule has 0 bridgehead atoms. The molecule has 0 spiro atoms. The zero-order valence-electron chi connectivity index (χ0n) is 14.4. The van der Waals surface area contributed by atoms with Gasteiger partial charge in [0.05, 0.1) is 0 Å². The van der Waals surface area contributed by atoms with Crippen LogP contribution in [0.3, 0.4) is 0 Å². The van der Waals surface area contributed by atoms with Crippen LogP contribution in [0.25, 0.3) is 0 Å². The van der Waals surface area contributed by atoms with Crippen LogP contribution in [0.2, 0.25) is 0 Å². The van der Waals surface area contributed by atoms with Crippen LogP contribution in [0.4, 0.5) is 8.78 Å². The fourth-order valence-corrected chi connectivity index (χ4v) is 4.36. The van der Waals surface area contributed by atoms with Crippen LogP contribution in [0.5, 0.6) is 0 Å². The minimum Gasteiger partial charge on any atom is -0.326 e. The molecule has 1 aliphatic rings. The van der Waals surface area contributed by atoms with E-state index in [2.05, 4.69) is 6.92 Å². The molecule has 0 N–H and O–H groups in total. The SMILES string of the molecule is CCCCCCCCCC(=O)N1CCSC1c1ccc(F)cc1F. The van der Waals surface area contributed by atoms with Crippen LogP contribution in [-0.2, 0) is 4.79 Å². The van der Waals surface area contributed by atoms with E-state index in [9.17, 15) is 13.6 Å². The van der Waals surface area contributed by atoms with E-state index in [1.807, 2.05) is 0 Å². The van der Waals surface area contributed by atoms with Gasteiger partial charge in [-0.3, -0.25) is 4.79 Å². The van der Waals surface area contributed by atoms with Crippen molar-refractivity contribution in [3.63, 3.8) is 0 Å². The summed E-state index contributed by atoms with van der Waals surface area (Å²) in [6.45, 7) is 2.84. The largest absolute Gasteiger partial charge is 0.326 e. The summed E-state index contributed by atoms with van der Waals surface area (Å²) < 4.78 is 27.1. The lowest BCUT2D eigenvalue weighted by Crippen LogP contribution is -2.30. The van der Waals surface area contributed by atoms with Crippen LogP contribution in [0.1, 0.15) is 69.2 Å². The Morgan fingerprint density at radius 1 is 1.17 bits per heavy atom. The first-order chi connectivity index (χ1) is 11.6. The minimum absolute atomic E-state index is 0.0854. The second-order valence-electron chi connectivity index (χ2n) is 6.35. The molecule has 0 aliphatic carbocycles. The summed E-state index contributed by atoms with van der Waals surface area (Å²) in [5.74, 6) is -0.268. The number of carbonyl (C=O) groups excluding carboxylic acids is 1. The van der Waals surface area contributed by atoms with Gasteiger partial charge >= 0.3 is 0 Å². The Bertz CT molecular complexity index is 538. The number of carbonyl (C=O) groups is 1. The predicted octanol–water partition coefficient (Wildman–Crippen LogP) is 5.68. The van der Waals surface area contributed by atoms with E-state index in [0.717, 1.165) is 24.7 Å². The highest BCUT2D eigenvalue weighted by molar-refractivity contribution is 7.99. The topological polar surface area (TPSA) is 20.3 Å². The number of halogens is 2. The molecule has 134 valence electrons. The average molecular weight is 355 g/mol. The maximum absolute atomic E-state index is 14.0. The lowest BCUT2D eigenvalue weighted by molar-refractivity contribution is -0.131. The summed E-state index contributed by atoms with van der Waals surface area (Å²) in [5.41, 5.74) is 0.409. The molecule has 2 nitrogen and oxygen atoms in total. The molecule has 1 unspecified atom stereocenters. The number of rotatable bonds is 9. The quantitative estimate of drug-likeness (QED) is 0.531. The first-order valence-electron chi connectivity index (χ1n) is 8.99. The Morgan fingerprint density at radius 3 is 2.58 bits per heavy atom. The van der Waals surface area contributed by atoms with Gasteiger partial charge in [0.15, 0.2) is 0 Å². The summed E-state index contributed by atoms with van der Waals surface area (Å²) in [7, 11) is 0. The van der Waals surface area contributed by atoms with Crippen molar-refractivity contribution in [1.82, 2.24) is 4.90 Å². The highest BCUT2D eigenvalue weighted by Crippen LogP contribution is 2.39. The molecule has 24 heavy (non-hydrogen) atoms. The maximum atomic E-state index is 14.0. The van der Waals surface area contributed by atoms with Gasteiger partial charge in [-0.05, 0) is 12.5 Å². The lowest BCUT2D eigenvalue weighted by atomic mass is 10.1. The van der Waals surface area contributed by atoms with Gasteiger partial charge in [-0.15, -0.1) is 11.8 Å². The van der Waals surface area contributed by atoms with Crippen molar-refractivity contribution < 1.29 is 13.6 Å². The van der Waals surface area contributed by atoms with E-state index in [-0.39, 0.29) is 11.3 Å². The van der Waals surface area contributed by atoms with Gasteiger partial charge in [0.2, 0.25) is 5.91 Å². The zero-order valence-corrected chi connectivity index (χ0v) is 15.2. The highest BCUT2D eigenvalue weighted by atomic mass is 32.2. The number of amides is 1. The molecule has 1 aromatic rings. The molecule has 1 aromatic carbocycles. The van der Waals surface area contributed by atoms with Crippen molar-refractivity contribution in [2.45, 2.75) is 63.7 Å². The highest BCUT2D eigenvalue weighted by Gasteiger charge is 2.31. The predicted molar refractivity (Wildman–Crippen MR) is 95.9 cm³/mol. The molecular formula is C19H27F2NOS. The number of unbranched alkanes of at least 4 members (excludes halogenated alkanes) is 6. The van der Waals surface area contributed by atoms with Crippen LogP contribution in [-0.4, -0.2) is 23.1 Å². The molecule has 2 rings (SSSR count). The van der Waals surface area contributed by atoms with E-state index < -0.39 is 11.6 Å². The van der Waals surface area contributed by atoms with Crippen LogP contribution in [0, 0.1) is 11.6 Å². The third-order valence-electron chi connectivity index (χ3n) is 4.43. The molecule has 1 heterocycles. The second-order valence-corrected chi connectivity index (χ2v) is 7.54. The number of nitrogens with zero attached hydrogens (tertiary/aromatic N) is 1. The van der Waals surface area contributed by atoms with Gasteiger partial charge in [0.1, 0.15) is 17.0 Å². The summed E-state index contributed by atoms with van der Waals surface area (Å²) in [6.07, 6.45) is 8.72. The Balaban J connectivity index is 1.80. The Morgan fingerprint density at radius 2 is 1.88 bits per heavy atom. The first-order valence-corrected chi connectivity index (χ1v) is 10.0. The molecule has 0 saturated carbocycles. The lowest BCUT2D eigenvalue weighted by Gasteiger charge is -2.24. The standard InChI is InChI=1S/C19H27F2NOS/c1-2-3-4-5-6-7-8-9-18(23)22-12-13-24-19(22)16-11-10-15(20)14-17(16)21/h10-11,14,19H,2-9,12-13H2,1H3. The van der Waals surface area contributed by atoms with Crippen LogP contribution < -0.4 is 0 Å². The summed E-state index contributed by atoms with van der Waals surface area (Å²) in [5, 5.41) is -0.317. The normalized spacial score (nSPS) is 17.5. The molecule has 1 atom stereocenters. The molecule has 5 heteroatoms. The fraction of sp³-hybridized carbons (Fsp3) is 0.632. The number of thioether (sulfide) groups is 1. The molecule has 1 fully saturated rings. The third kappa shape index (κ3) is 5.47. The Kier molecular flexibility index (Phi) is 8.03. The van der Waals surface area contributed by atoms with Crippen molar-refractivity contribution >= 4 is 17.7 Å². The summed E-state index contributed by atoms with van der Waals surface area (Å²) in [6, 6.07) is 3.62. The van der Waals surface area contributed by atoms with E-state index in [0.29, 0.717) is 18.5 Å². The average Bonchev–Trinajstić information content (AvgIpc) is 3.03. The van der Waals surface area contributed by atoms with Crippen molar-refractivity contribution in [1.29, 1.82) is 0 Å². The molecule has 1 aliphatic heterocycles. The molecule has 1 saturated heterocycles. The number of hydrogen-bond donors (Lipinski definition) is 0. The minimum atomic E-state index is -0.583. The van der Waals surface area contributed by atoms with E-state index in [1.54, 1.807) is 16.7 Å². The number of hydrogen-bond acceptors (Lipinski definition) is 2. The molecule has 1 amide bonds. The van der Waals surface area contributed by atoms with E-state index in [1.165, 1.54) is 44.2 Å². The third-order valence-corrected chi connectivity index (χ3v) is 5.68. The van der Waals surface area contributed by atoms with Gasteiger partial charge in [0, 0.05) is 30.3 Å². The van der Waals surface area contributed by atoms with E-state index >= 15 is 0 Å². The van der Waals surface area contributed by atoms with Gasteiger partial charge in [-0.2, -0.15) is 0 Å². The molecule has 0 radical (unpaired) electrons. The van der Waals surface area contributed by atoms with Gasteiger partial charge in [0.25, 0.3) is 0 Å². The van der Waals surface area contributed by atoms with Crippen molar-refractivity contribution in [3.8, 4) is 0 Å². The van der Waals surface area contributed by atoms with Crippen LogP contribution in [0.15, 0.2) is 18.2 Å². The van der Waals surface area contributed by atoms with Gasteiger partial charge in [-0.25, -0.2) is 8.78 Å². The first kappa shape index (κ1) is 19.2. The fourth-order valence-electron chi connectivity index (χ4n) is 3.06. The molecular weight excluding hydrogens is 328 g/mol. The van der Waals surface area contributed by atoms with Gasteiger partial charge < -0.3 is 4.90 Å². The maximum Gasteiger partial charge on any atom is 0.223 e. The summed E-state index contributed by atoms with van der Waals surface area (Å²) >= 11 is 1.55. The smallest absolute Gasteiger partial charge is 0.223 e. The van der Waals surface area contributed by atoms with Crippen LogP contribution >= 0.6 is 11.8 Å². The van der Waals surface area contributed by atoms with Crippen molar-refractivity contribution in [2.24, 2.45) is 0 Å². The summed E-state index contributed by atoms with van der Waals surface area (Å²) in [4.78, 5) is 14.2. The van der Waals surface area contributed by atoms with Crippen molar-refractivity contribution in [2.75, 3.05) is 12.3 Å². The Hall–Kier alpha value is -1.10. The monoisotopic (exact) mass is 355 g/mol. The second kappa shape index (κ2) is 10.0. The van der Waals surface area contributed by atoms with Gasteiger partial charge in [-0.1, -0.05) is 51.5 Å². The van der Waals surface area contributed by atoms with Crippen molar-refractivity contribution in [3.05, 3.63) is 35.4 Å². The number of benzene rings is 1. The Labute approximate surface area is 148 Å². The molecule has 0 aromatic heterocycles.